The van der Waals surface area contributed by atoms with Crippen LogP contribution in [-0.4, -0.2) is 29.2 Å². The van der Waals surface area contributed by atoms with E-state index in [0.717, 1.165) is 12.1 Å². The first-order valence-corrected chi connectivity index (χ1v) is 8.44. The van der Waals surface area contributed by atoms with Crippen molar-refractivity contribution in [1.82, 2.24) is 10.3 Å². The van der Waals surface area contributed by atoms with E-state index < -0.39 is 29.8 Å². The Morgan fingerprint density at radius 1 is 1.30 bits per heavy atom. The summed E-state index contributed by atoms with van der Waals surface area (Å²) < 4.78 is 43.7. The number of aliphatic hydroxyl groups is 1. The van der Waals surface area contributed by atoms with Crippen LogP contribution in [0, 0.1) is 5.92 Å². The molecule has 1 amide bonds. The summed E-state index contributed by atoms with van der Waals surface area (Å²) in [5.41, 5.74) is -0.249. The third-order valence-corrected chi connectivity index (χ3v) is 4.69. The fourth-order valence-electron chi connectivity index (χ4n) is 3.13. The maximum Gasteiger partial charge on any atom is 0.416 e. The van der Waals surface area contributed by atoms with Crippen molar-refractivity contribution >= 4 is 5.91 Å². The molecule has 1 unspecified atom stereocenters. The normalized spacial score (nSPS) is 20.5. The lowest BCUT2D eigenvalue weighted by atomic mass is 9.75. The first-order valence-electron chi connectivity index (χ1n) is 8.44. The summed E-state index contributed by atoms with van der Waals surface area (Å²) in [6, 6.07) is 7.21. The molecular weight excluding hydrogens is 361 g/mol. The van der Waals surface area contributed by atoms with E-state index in [1.807, 2.05) is 0 Å². The minimum atomic E-state index is -4.52. The lowest BCUT2D eigenvalue weighted by Crippen LogP contribution is -2.41. The zero-order chi connectivity index (χ0) is 19.6. The molecule has 1 heterocycles. The molecule has 0 bridgehead atoms. The quantitative estimate of drug-likeness (QED) is 0.835. The van der Waals surface area contributed by atoms with Gasteiger partial charge in [-0.25, -0.2) is 4.98 Å². The molecule has 0 radical (unpaired) electrons. The van der Waals surface area contributed by atoms with Gasteiger partial charge >= 0.3 is 6.18 Å². The van der Waals surface area contributed by atoms with Gasteiger partial charge in [-0.2, -0.15) is 13.2 Å². The van der Waals surface area contributed by atoms with Crippen LogP contribution in [0.25, 0.3) is 0 Å². The molecule has 0 aliphatic heterocycles. The number of ether oxygens (including phenoxy) is 1. The highest BCUT2D eigenvalue weighted by atomic mass is 19.4. The Kier molecular flexibility index (Phi) is 5.36. The number of benzene rings is 1. The second kappa shape index (κ2) is 7.56. The highest BCUT2D eigenvalue weighted by Crippen LogP contribution is 2.38. The fraction of sp³-hybridized carbons (Fsp3) is 0.368. The van der Waals surface area contributed by atoms with E-state index in [1.54, 1.807) is 18.3 Å². The number of aliphatic hydroxyl groups excluding tert-OH is 1. The van der Waals surface area contributed by atoms with Gasteiger partial charge in [-0.3, -0.25) is 4.79 Å². The van der Waals surface area contributed by atoms with E-state index in [-0.39, 0.29) is 11.5 Å². The summed E-state index contributed by atoms with van der Waals surface area (Å²) >= 11 is 0. The standard InChI is InChI=1S/C19H19F3N2O3/c1-27-16-6-5-12(10-23-16)17(13-8-15(25)9-13)24-18(26)11-3-2-4-14(7-11)19(20,21)22/h2-7,10,13,15,17,25H,8-9H2,1H3,(H,24,26). The average molecular weight is 380 g/mol. The molecule has 1 aliphatic rings. The number of pyridine rings is 1. The van der Waals surface area contributed by atoms with Crippen LogP contribution in [0.3, 0.4) is 0 Å². The molecule has 1 aromatic carbocycles. The fourth-order valence-corrected chi connectivity index (χ4v) is 3.13. The van der Waals surface area contributed by atoms with Crippen LogP contribution in [0.15, 0.2) is 42.6 Å². The highest BCUT2D eigenvalue weighted by molar-refractivity contribution is 5.94. The number of nitrogens with zero attached hydrogens (tertiary/aromatic N) is 1. The number of nitrogens with one attached hydrogen (secondary N) is 1. The first-order chi connectivity index (χ1) is 12.8. The minimum absolute atomic E-state index is 0.0232. The second-order valence-corrected chi connectivity index (χ2v) is 6.55. The first kappa shape index (κ1) is 19.2. The van der Waals surface area contributed by atoms with Gasteiger partial charge in [-0.1, -0.05) is 12.1 Å². The Labute approximate surface area is 154 Å². The van der Waals surface area contributed by atoms with Gasteiger partial charge in [0.05, 0.1) is 24.8 Å². The van der Waals surface area contributed by atoms with E-state index in [9.17, 15) is 23.1 Å². The van der Waals surface area contributed by atoms with Gasteiger partial charge in [0, 0.05) is 17.8 Å². The van der Waals surface area contributed by atoms with Crippen molar-refractivity contribution in [2.24, 2.45) is 5.92 Å². The maximum absolute atomic E-state index is 12.9. The minimum Gasteiger partial charge on any atom is -0.481 e. The highest BCUT2D eigenvalue weighted by Gasteiger charge is 2.36. The van der Waals surface area contributed by atoms with Gasteiger partial charge in [0.2, 0.25) is 5.88 Å². The number of carbonyl (C=O) groups excluding carboxylic acids is 1. The summed E-state index contributed by atoms with van der Waals surface area (Å²) in [5.74, 6) is -0.219. The number of carbonyl (C=O) groups is 1. The largest absolute Gasteiger partial charge is 0.481 e. The molecule has 1 saturated carbocycles. The number of rotatable bonds is 5. The zero-order valence-electron chi connectivity index (χ0n) is 14.5. The second-order valence-electron chi connectivity index (χ2n) is 6.55. The van der Waals surface area contributed by atoms with Crippen LogP contribution in [0.5, 0.6) is 5.88 Å². The topological polar surface area (TPSA) is 71.5 Å². The third-order valence-electron chi connectivity index (χ3n) is 4.69. The van der Waals surface area contributed by atoms with E-state index in [1.165, 1.54) is 19.2 Å². The van der Waals surface area contributed by atoms with Crippen molar-refractivity contribution in [1.29, 1.82) is 0 Å². The summed E-state index contributed by atoms with van der Waals surface area (Å²) in [6.07, 6.45) is -2.40. The molecular formula is C19H19F3N2O3. The average Bonchev–Trinajstić information content (AvgIpc) is 2.63. The molecule has 8 heteroatoms. The van der Waals surface area contributed by atoms with Crippen LogP contribution in [0.1, 0.15) is 40.4 Å². The summed E-state index contributed by atoms with van der Waals surface area (Å²) in [7, 11) is 1.48. The van der Waals surface area contributed by atoms with Crippen molar-refractivity contribution < 1.29 is 27.8 Å². The van der Waals surface area contributed by atoms with Crippen molar-refractivity contribution in [3.8, 4) is 5.88 Å². The number of methoxy groups -OCH3 is 1. The molecule has 144 valence electrons. The molecule has 2 N–H and O–H groups in total. The van der Waals surface area contributed by atoms with Crippen molar-refractivity contribution in [3.63, 3.8) is 0 Å². The molecule has 1 aromatic heterocycles. The van der Waals surface area contributed by atoms with Crippen LogP contribution < -0.4 is 10.1 Å². The molecule has 0 spiro atoms. The number of hydrogen-bond donors (Lipinski definition) is 2. The predicted octanol–water partition coefficient (Wildman–Crippen LogP) is 3.35. The summed E-state index contributed by atoms with van der Waals surface area (Å²) in [4.78, 5) is 16.7. The zero-order valence-corrected chi connectivity index (χ0v) is 14.5. The SMILES string of the molecule is COc1ccc(C(NC(=O)c2cccc(C(F)(F)F)c2)C2CC(O)C2)cn1. The smallest absolute Gasteiger partial charge is 0.416 e. The van der Waals surface area contributed by atoms with Gasteiger partial charge in [-0.15, -0.1) is 0 Å². The van der Waals surface area contributed by atoms with Gasteiger partial charge < -0.3 is 15.2 Å². The maximum atomic E-state index is 12.9. The number of aromatic nitrogens is 1. The van der Waals surface area contributed by atoms with E-state index in [0.29, 0.717) is 24.3 Å². The molecule has 27 heavy (non-hydrogen) atoms. The Hall–Kier alpha value is -2.61. The van der Waals surface area contributed by atoms with Crippen molar-refractivity contribution in [2.45, 2.75) is 31.2 Å². The summed E-state index contributed by atoms with van der Waals surface area (Å²) in [6.45, 7) is 0. The predicted molar refractivity (Wildman–Crippen MR) is 91.2 cm³/mol. The van der Waals surface area contributed by atoms with E-state index in [4.69, 9.17) is 4.74 Å². The molecule has 5 nitrogen and oxygen atoms in total. The number of alkyl halides is 3. The van der Waals surface area contributed by atoms with Gasteiger partial charge in [0.25, 0.3) is 5.91 Å². The van der Waals surface area contributed by atoms with Crippen LogP contribution in [-0.2, 0) is 6.18 Å². The van der Waals surface area contributed by atoms with Crippen LogP contribution >= 0.6 is 0 Å². The number of hydrogen-bond acceptors (Lipinski definition) is 4. The Morgan fingerprint density at radius 3 is 2.59 bits per heavy atom. The van der Waals surface area contributed by atoms with Crippen molar-refractivity contribution in [3.05, 3.63) is 59.3 Å². The van der Waals surface area contributed by atoms with Gasteiger partial charge in [-0.05, 0) is 42.5 Å². The molecule has 1 fully saturated rings. The molecule has 1 atom stereocenters. The molecule has 3 rings (SSSR count). The lowest BCUT2D eigenvalue weighted by molar-refractivity contribution is -0.137. The Morgan fingerprint density at radius 2 is 2.04 bits per heavy atom. The Bertz CT molecular complexity index is 803. The van der Waals surface area contributed by atoms with Crippen LogP contribution in [0.2, 0.25) is 0 Å². The summed E-state index contributed by atoms with van der Waals surface area (Å²) in [5, 5.41) is 12.4. The third kappa shape index (κ3) is 4.39. The van der Waals surface area contributed by atoms with Crippen molar-refractivity contribution in [2.75, 3.05) is 7.11 Å². The molecule has 0 saturated heterocycles. The molecule has 1 aliphatic carbocycles. The number of amides is 1. The Balaban J connectivity index is 1.82. The number of halogens is 3. The van der Waals surface area contributed by atoms with Crippen LogP contribution in [0.4, 0.5) is 13.2 Å². The monoisotopic (exact) mass is 380 g/mol. The van der Waals surface area contributed by atoms with Gasteiger partial charge in [0.1, 0.15) is 0 Å². The van der Waals surface area contributed by atoms with E-state index >= 15 is 0 Å². The van der Waals surface area contributed by atoms with E-state index in [2.05, 4.69) is 10.3 Å². The molecule has 2 aromatic rings. The van der Waals surface area contributed by atoms with Gasteiger partial charge in [0.15, 0.2) is 0 Å². The lowest BCUT2D eigenvalue weighted by Gasteiger charge is -2.38.